The maximum atomic E-state index is 12.0. The molecular formula is C17H25N5O. The van der Waals surface area contributed by atoms with E-state index in [1.54, 1.807) is 6.07 Å². The molecule has 0 spiro atoms. The molecule has 2 aromatic rings. The molecule has 0 saturated carbocycles. The first-order chi connectivity index (χ1) is 11.0. The minimum Gasteiger partial charge on any atom is -0.594 e. The summed E-state index contributed by atoms with van der Waals surface area (Å²) in [6, 6.07) is 6.80. The number of hydrogen-bond donors (Lipinski definition) is 1. The maximum Gasteiger partial charge on any atom is 0.290 e. The zero-order valence-electron chi connectivity index (χ0n) is 14.1. The summed E-state index contributed by atoms with van der Waals surface area (Å²) in [5.41, 5.74) is 2.26. The van der Waals surface area contributed by atoms with Crippen molar-refractivity contribution in [1.29, 1.82) is 0 Å². The van der Waals surface area contributed by atoms with Crippen molar-refractivity contribution in [2.45, 2.75) is 52.1 Å². The highest BCUT2D eigenvalue weighted by Gasteiger charge is 2.24. The van der Waals surface area contributed by atoms with Crippen LogP contribution in [-0.2, 0) is 0 Å². The Bertz CT molecular complexity index is 680. The SMILES string of the molecule is Cc1ccc2c(c1)nc(NCCN1C(C)CCCC1C)n[n+]2[O-]. The molecule has 0 bridgehead atoms. The van der Waals surface area contributed by atoms with Gasteiger partial charge >= 0.3 is 0 Å². The van der Waals surface area contributed by atoms with Gasteiger partial charge in [-0.05, 0) is 50.1 Å². The molecule has 2 unspecified atom stereocenters. The van der Waals surface area contributed by atoms with Crippen LogP contribution in [0.1, 0.15) is 38.7 Å². The van der Waals surface area contributed by atoms with Crippen LogP contribution in [0.4, 0.5) is 5.95 Å². The van der Waals surface area contributed by atoms with Crippen molar-refractivity contribution in [1.82, 2.24) is 15.0 Å². The molecule has 1 saturated heterocycles. The van der Waals surface area contributed by atoms with E-state index in [-0.39, 0.29) is 0 Å². The molecule has 2 heterocycles. The Hall–Kier alpha value is -1.95. The van der Waals surface area contributed by atoms with E-state index in [9.17, 15) is 5.21 Å². The lowest BCUT2D eigenvalue weighted by atomic mass is 9.98. The number of benzene rings is 1. The van der Waals surface area contributed by atoms with Crippen molar-refractivity contribution in [2.24, 2.45) is 0 Å². The molecule has 6 heteroatoms. The van der Waals surface area contributed by atoms with Crippen molar-refractivity contribution < 1.29 is 4.85 Å². The van der Waals surface area contributed by atoms with Gasteiger partial charge in [0.05, 0.1) is 5.10 Å². The second kappa shape index (κ2) is 6.66. The summed E-state index contributed by atoms with van der Waals surface area (Å²) in [5.74, 6) is 0.399. The van der Waals surface area contributed by atoms with E-state index in [0.717, 1.165) is 18.7 Å². The number of rotatable bonds is 4. The predicted octanol–water partition coefficient (Wildman–Crippen LogP) is 2.25. The third kappa shape index (κ3) is 3.52. The summed E-state index contributed by atoms with van der Waals surface area (Å²) < 4.78 is 0. The van der Waals surface area contributed by atoms with Crippen LogP contribution in [0.15, 0.2) is 18.2 Å². The molecule has 3 rings (SSSR count). The minimum atomic E-state index is 0.399. The Kier molecular flexibility index (Phi) is 4.61. The molecule has 1 N–H and O–H groups in total. The molecule has 0 amide bonds. The van der Waals surface area contributed by atoms with Gasteiger partial charge in [-0.25, -0.2) is 4.98 Å². The number of likely N-dealkylation sites (tertiary alicyclic amines) is 1. The number of fused-ring (bicyclic) bond motifs is 1. The van der Waals surface area contributed by atoms with Crippen molar-refractivity contribution in [3.63, 3.8) is 0 Å². The van der Waals surface area contributed by atoms with Gasteiger partial charge in [-0.2, -0.15) is 0 Å². The summed E-state index contributed by atoms with van der Waals surface area (Å²) in [4.78, 5) is 7.63. The summed E-state index contributed by atoms with van der Waals surface area (Å²) >= 11 is 0. The van der Waals surface area contributed by atoms with Crippen LogP contribution in [0.25, 0.3) is 11.0 Å². The predicted molar refractivity (Wildman–Crippen MR) is 91.2 cm³/mol. The van der Waals surface area contributed by atoms with Crippen LogP contribution in [0.2, 0.25) is 0 Å². The van der Waals surface area contributed by atoms with Gasteiger partial charge in [0.1, 0.15) is 5.52 Å². The molecule has 6 nitrogen and oxygen atoms in total. The Morgan fingerprint density at radius 2 is 2.04 bits per heavy atom. The number of aryl methyl sites for hydroxylation is 1. The number of anilines is 1. The average molecular weight is 315 g/mol. The van der Waals surface area contributed by atoms with E-state index >= 15 is 0 Å². The lowest BCUT2D eigenvalue weighted by molar-refractivity contribution is -0.641. The van der Waals surface area contributed by atoms with Crippen LogP contribution in [0.5, 0.6) is 0 Å². The Labute approximate surface area is 137 Å². The molecule has 0 aliphatic carbocycles. The molecule has 23 heavy (non-hydrogen) atoms. The van der Waals surface area contributed by atoms with Crippen LogP contribution in [0, 0.1) is 12.1 Å². The van der Waals surface area contributed by atoms with E-state index in [2.05, 4.69) is 34.1 Å². The molecular weight excluding hydrogens is 290 g/mol. The monoisotopic (exact) mass is 315 g/mol. The van der Waals surface area contributed by atoms with Crippen LogP contribution >= 0.6 is 0 Å². The molecule has 0 radical (unpaired) electrons. The van der Waals surface area contributed by atoms with Crippen molar-refractivity contribution in [3.05, 3.63) is 29.0 Å². The molecule has 1 aromatic carbocycles. The van der Waals surface area contributed by atoms with Crippen LogP contribution in [0.3, 0.4) is 0 Å². The van der Waals surface area contributed by atoms with E-state index in [1.807, 2.05) is 19.1 Å². The fraction of sp³-hybridized carbons (Fsp3) is 0.588. The maximum absolute atomic E-state index is 12.0. The lowest BCUT2D eigenvalue weighted by Crippen LogP contribution is -2.46. The molecule has 1 aromatic heterocycles. The third-order valence-corrected chi connectivity index (χ3v) is 4.78. The Morgan fingerprint density at radius 1 is 1.30 bits per heavy atom. The minimum absolute atomic E-state index is 0.399. The van der Waals surface area contributed by atoms with Crippen LogP contribution < -0.4 is 10.2 Å². The highest BCUT2D eigenvalue weighted by Crippen LogP contribution is 2.21. The molecule has 2 atom stereocenters. The summed E-state index contributed by atoms with van der Waals surface area (Å²) in [6.07, 6.45) is 3.84. The number of hydrogen-bond acceptors (Lipinski definition) is 5. The number of piperidine rings is 1. The van der Waals surface area contributed by atoms with Crippen molar-refractivity contribution >= 4 is 17.0 Å². The van der Waals surface area contributed by atoms with Gasteiger partial charge in [0.25, 0.3) is 11.5 Å². The Balaban J connectivity index is 1.67. The average Bonchev–Trinajstić information content (AvgIpc) is 2.50. The van der Waals surface area contributed by atoms with Gasteiger partial charge in [-0.1, -0.05) is 12.5 Å². The van der Waals surface area contributed by atoms with E-state index in [1.165, 1.54) is 19.3 Å². The second-order valence-corrected chi connectivity index (χ2v) is 6.59. The van der Waals surface area contributed by atoms with Gasteiger partial charge < -0.3 is 10.5 Å². The first-order valence-electron chi connectivity index (χ1n) is 8.42. The highest BCUT2D eigenvalue weighted by atomic mass is 16.5. The summed E-state index contributed by atoms with van der Waals surface area (Å²) in [5, 5.41) is 19.2. The number of nitrogens with zero attached hydrogens (tertiary/aromatic N) is 4. The van der Waals surface area contributed by atoms with Crippen LogP contribution in [-0.4, -0.2) is 40.2 Å². The fourth-order valence-corrected chi connectivity index (χ4v) is 3.45. The number of aromatic nitrogens is 3. The van der Waals surface area contributed by atoms with Gasteiger partial charge in [0.15, 0.2) is 0 Å². The van der Waals surface area contributed by atoms with Gasteiger partial charge in [0, 0.05) is 31.2 Å². The first kappa shape index (κ1) is 15.9. The van der Waals surface area contributed by atoms with Gasteiger partial charge in [-0.15, -0.1) is 0 Å². The zero-order valence-corrected chi connectivity index (χ0v) is 14.1. The molecule has 1 fully saturated rings. The zero-order chi connectivity index (χ0) is 16.4. The van der Waals surface area contributed by atoms with Gasteiger partial charge in [0.2, 0.25) is 0 Å². The highest BCUT2D eigenvalue weighted by molar-refractivity contribution is 5.72. The lowest BCUT2D eigenvalue weighted by Gasteiger charge is -2.38. The van der Waals surface area contributed by atoms with E-state index in [4.69, 9.17) is 0 Å². The normalized spacial score (nSPS) is 22.4. The van der Waals surface area contributed by atoms with E-state index in [0.29, 0.717) is 33.9 Å². The summed E-state index contributed by atoms with van der Waals surface area (Å²) in [7, 11) is 0. The van der Waals surface area contributed by atoms with Crippen molar-refractivity contribution in [2.75, 3.05) is 18.4 Å². The fourth-order valence-electron chi connectivity index (χ4n) is 3.45. The molecule has 124 valence electrons. The largest absolute Gasteiger partial charge is 0.594 e. The Morgan fingerprint density at radius 3 is 2.78 bits per heavy atom. The van der Waals surface area contributed by atoms with Crippen molar-refractivity contribution in [3.8, 4) is 0 Å². The quantitative estimate of drug-likeness (QED) is 0.692. The first-order valence-corrected chi connectivity index (χ1v) is 8.42. The van der Waals surface area contributed by atoms with Gasteiger partial charge in [-0.3, -0.25) is 4.90 Å². The molecule has 1 aliphatic rings. The second-order valence-electron chi connectivity index (χ2n) is 6.59. The third-order valence-electron chi connectivity index (χ3n) is 4.78. The topological polar surface area (TPSA) is 68.0 Å². The van der Waals surface area contributed by atoms with E-state index < -0.39 is 0 Å². The summed E-state index contributed by atoms with van der Waals surface area (Å²) in [6.45, 7) is 8.25. The smallest absolute Gasteiger partial charge is 0.290 e. The number of nitrogens with one attached hydrogen (secondary N) is 1. The molecule has 1 aliphatic heterocycles. The standard InChI is InChI=1S/C17H25N5O/c1-12-7-8-16-15(11-12)19-17(20-22(16)23)18-9-10-21-13(2)5-4-6-14(21)3/h7-8,11,13-14H,4-6,9-10H2,1-3H3,(H,18,19,20).